The molecular formula is C25H32N8O. The summed E-state index contributed by atoms with van der Waals surface area (Å²) >= 11 is 0. The van der Waals surface area contributed by atoms with E-state index in [1.165, 1.54) is 19.0 Å². The SMILES string of the molecule is CC(C)c1cnnc(Nc2ccc3ncc(C(C=NCC(O)CN4CCCC4)=CN)cc3n2)c1. The molecule has 1 unspecified atom stereocenters. The van der Waals surface area contributed by atoms with Crippen LogP contribution in [-0.4, -0.2) is 68.7 Å². The first-order valence-corrected chi connectivity index (χ1v) is 11.7. The number of likely N-dealkylation sites (tertiary alicyclic amines) is 1. The van der Waals surface area contributed by atoms with Gasteiger partial charge in [0.15, 0.2) is 5.82 Å². The van der Waals surface area contributed by atoms with Gasteiger partial charge in [-0.3, -0.25) is 9.98 Å². The van der Waals surface area contributed by atoms with Gasteiger partial charge in [0.2, 0.25) is 0 Å². The van der Waals surface area contributed by atoms with Gasteiger partial charge in [0.05, 0.1) is 29.9 Å². The number of aliphatic hydroxyl groups is 1. The summed E-state index contributed by atoms with van der Waals surface area (Å²) < 4.78 is 0. The lowest BCUT2D eigenvalue weighted by atomic mass is 10.1. The maximum absolute atomic E-state index is 10.3. The van der Waals surface area contributed by atoms with Crippen molar-refractivity contribution in [3.05, 3.63) is 54.0 Å². The van der Waals surface area contributed by atoms with Crippen LogP contribution in [0.4, 0.5) is 11.6 Å². The summed E-state index contributed by atoms with van der Waals surface area (Å²) in [7, 11) is 0. The minimum atomic E-state index is -0.490. The number of hydrogen-bond donors (Lipinski definition) is 3. The number of aliphatic hydroxyl groups excluding tert-OH is 1. The van der Waals surface area contributed by atoms with E-state index in [9.17, 15) is 5.11 Å². The van der Waals surface area contributed by atoms with Gasteiger partial charge < -0.3 is 21.1 Å². The van der Waals surface area contributed by atoms with E-state index in [1.54, 1.807) is 18.6 Å². The van der Waals surface area contributed by atoms with Crippen molar-refractivity contribution >= 4 is 34.5 Å². The van der Waals surface area contributed by atoms with Gasteiger partial charge in [0, 0.05) is 36.3 Å². The molecule has 0 aromatic carbocycles. The van der Waals surface area contributed by atoms with Gasteiger partial charge in [-0.15, -0.1) is 5.10 Å². The molecule has 9 heteroatoms. The predicted molar refractivity (Wildman–Crippen MR) is 136 cm³/mol. The summed E-state index contributed by atoms with van der Waals surface area (Å²) in [6.45, 7) is 7.32. The van der Waals surface area contributed by atoms with Crippen molar-refractivity contribution in [1.82, 2.24) is 25.1 Å². The Labute approximate surface area is 199 Å². The summed E-state index contributed by atoms with van der Waals surface area (Å²) in [4.78, 5) is 15.9. The maximum Gasteiger partial charge on any atom is 0.154 e. The smallest absolute Gasteiger partial charge is 0.154 e. The van der Waals surface area contributed by atoms with E-state index in [0.717, 1.165) is 40.8 Å². The molecule has 1 aliphatic heterocycles. The van der Waals surface area contributed by atoms with E-state index >= 15 is 0 Å². The minimum absolute atomic E-state index is 0.331. The van der Waals surface area contributed by atoms with Crippen molar-refractivity contribution in [2.45, 2.75) is 38.7 Å². The van der Waals surface area contributed by atoms with E-state index in [4.69, 9.17) is 5.73 Å². The van der Waals surface area contributed by atoms with Gasteiger partial charge in [-0.1, -0.05) is 13.8 Å². The highest BCUT2D eigenvalue weighted by atomic mass is 16.3. The van der Waals surface area contributed by atoms with Crippen LogP contribution < -0.4 is 11.1 Å². The molecule has 3 aromatic heterocycles. The summed E-state index contributed by atoms with van der Waals surface area (Å²) in [5.74, 6) is 1.65. The van der Waals surface area contributed by atoms with Crippen molar-refractivity contribution in [2.24, 2.45) is 10.7 Å². The first-order valence-electron chi connectivity index (χ1n) is 11.7. The number of β-amino-alcohol motifs (C(OH)–C–C–N with tert-alkyl or cyclic N) is 1. The number of nitrogens with one attached hydrogen (secondary N) is 1. The van der Waals surface area contributed by atoms with Crippen LogP contribution in [0.2, 0.25) is 0 Å². The van der Waals surface area contributed by atoms with E-state index in [1.807, 2.05) is 24.3 Å². The quantitative estimate of drug-likeness (QED) is 0.416. The molecule has 1 fully saturated rings. The lowest BCUT2D eigenvalue weighted by Gasteiger charge is -2.17. The van der Waals surface area contributed by atoms with Gasteiger partial charge >= 0.3 is 0 Å². The number of fused-ring (bicyclic) bond motifs is 1. The van der Waals surface area contributed by atoms with Gasteiger partial charge in [-0.2, -0.15) is 5.10 Å². The molecule has 0 aliphatic carbocycles. The zero-order chi connectivity index (χ0) is 23.9. The Morgan fingerprint density at radius 3 is 2.76 bits per heavy atom. The lowest BCUT2D eigenvalue weighted by Crippen LogP contribution is -2.31. The highest BCUT2D eigenvalue weighted by molar-refractivity contribution is 6.10. The summed E-state index contributed by atoms with van der Waals surface area (Å²) in [6, 6.07) is 7.67. The number of pyridine rings is 2. The fourth-order valence-electron chi connectivity index (χ4n) is 3.93. The summed E-state index contributed by atoms with van der Waals surface area (Å²) in [5, 5.41) is 21.7. The minimum Gasteiger partial charge on any atom is -0.404 e. The second-order valence-electron chi connectivity index (χ2n) is 8.89. The Bertz CT molecular complexity index is 1170. The third-order valence-electron chi connectivity index (χ3n) is 5.86. The molecule has 1 saturated heterocycles. The van der Waals surface area contributed by atoms with Crippen LogP contribution in [0.25, 0.3) is 16.6 Å². The molecular weight excluding hydrogens is 428 g/mol. The Hall–Kier alpha value is -3.43. The van der Waals surface area contributed by atoms with Gasteiger partial charge in [0.1, 0.15) is 5.82 Å². The number of aliphatic imine (C=N–C) groups is 1. The standard InChI is InChI=1S/C25H32N8O/c1-17(2)18-10-25(32-29-14-18)31-24-6-5-22-23(30-24)9-19(13-28-22)20(11-26)12-27-15-21(34)16-33-7-3-4-8-33/h5-6,9-14,17,21,34H,3-4,7-8,15-16,26H2,1-2H3,(H,30,31,32). The van der Waals surface area contributed by atoms with Crippen LogP contribution in [0.3, 0.4) is 0 Å². The van der Waals surface area contributed by atoms with Crippen LogP contribution >= 0.6 is 0 Å². The van der Waals surface area contributed by atoms with Crippen LogP contribution in [0.1, 0.15) is 43.7 Å². The van der Waals surface area contributed by atoms with E-state index in [0.29, 0.717) is 30.6 Å². The molecule has 0 bridgehead atoms. The van der Waals surface area contributed by atoms with Crippen molar-refractivity contribution in [3.8, 4) is 0 Å². The number of allylic oxidation sites excluding steroid dienone is 1. The average molecular weight is 461 g/mol. The Kier molecular flexibility index (Phi) is 7.76. The molecule has 0 radical (unpaired) electrons. The fraction of sp³-hybridized carbons (Fsp3) is 0.400. The van der Waals surface area contributed by atoms with Gasteiger partial charge in [0.25, 0.3) is 0 Å². The zero-order valence-electron chi connectivity index (χ0n) is 19.7. The van der Waals surface area contributed by atoms with E-state index in [2.05, 4.69) is 49.2 Å². The molecule has 0 spiro atoms. The summed E-state index contributed by atoms with van der Waals surface area (Å²) in [5.41, 5.74) is 9.98. The molecule has 1 aliphatic rings. The summed E-state index contributed by atoms with van der Waals surface area (Å²) in [6.07, 6.45) is 8.62. The number of rotatable bonds is 9. The molecule has 4 N–H and O–H groups in total. The van der Waals surface area contributed by atoms with Crippen LogP contribution in [0, 0.1) is 0 Å². The van der Waals surface area contributed by atoms with Crippen molar-refractivity contribution in [1.29, 1.82) is 0 Å². The van der Waals surface area contributed by atoms with Crippen molar-refractivity contribution in [2.75, 3.05) is 31.5 Å². The second kappa shape index (κ2) is 11.1. The molecule has 1 atom stereocenters. The second-order valence-corrected chi connectivity index (χ2v) is 8.89. The number of aromatic nitrogens is 4. The highest BCUT2D eigenvalue weighted by Crippen LogP contribution is 2.21. The van der Waals surface area contributed by atoms with Crippen LogP contribution in [-0.2, 0) is 0 Å². The molecule has 4 heterocycles. The van der Waals surface area contributed by atoms with Crippen LogP contribution in [0.5, 0.6) is 0 Å². The third-order valence-corrected chi connectivity index (χ3v) is 5.86. The molecule has 3 aromatic rings. The molecule has 34 heavy (non-hydrogen) atoms. The molecule has 4 rings (SSSR count). The topological polar surface area (TPSA) is 125 Å². The Morgan fingerprint density at radius 2 is 2.00 bits per heavy atom. The van der Waals surface area contributed by atoms with E-state index < -0.39 is 6.10 Å². The monoisotopic (exact) mass is 460 g/mol. The molecule has 0 saturated carbocycles. The van der Waals surface area contributed by atoms with Gasteiger partial charge in [-0.05, 0) is 61.7 Å². The largest absolute Gasteiger partial charge is 0.404 e. The van der Waals surface area contributed by atoms with Crippen molar-refractivity contribution < 1.29 is 5.11 Å². The zero-order valence-corrected chi connectivity index (χ0v) is 19.7. The Morgan fingerprint density at radius 1 is 1.18 bits per heavy atom. The van der Waals surface area contributed by atoms with Crippen molar-refractivity contribution in [3.63, 3.8) is 0 Å². The number of nitrogens with two attached hydrogens (primary N) is 1. The fourth-order valence-corrected chi connectivity index (χ4v) is 3.93. The van der Waals surface area contributed by atoms with E-state index in [-0.39, 0.29) is 0 Å². The number of nitrogens with zero attached hydrogens (tertiary/aromatic N) is 6. The third kappa shape index (κ3) is 6.12. The van der Waals surface area contributed by atoms with Crippen LogP contribution in [0.15, 0.2) is 47.9 Å². The average Bonchev–Trinajstić information content (AvgIpc) is 3.34. The normalized spacial score (nSPS) is 16.1. The molecule has 178 valence electrons. The maximum atomic E-state index is 10.3. The first-order chi connectivity index (χ1) is 16.5. The first kappa shape index (κ1) is 23.7. The Balaban J connectivity index is 1.46. The number of anilines is 2. The lowest BCUT2D eigenvalue weighted by molar-refractivity contribution is 0.132. The predicted octanol–water partition coefficient (Wildman–Crippen LogP) is 3.11. The van der Waals surface area contributed by atoms with Gasteiger partial charge in [-0.25, -0.2) is 4.98 Å². The molecule has 9 nitrogen and oxygen atoms in total. The number of hydrogen-bond acceptors (Lipinski definition) is 9. The molecule has 0 amide bonds. The highest BCUT2D eigenvalue weighted by Gasteiger charge is 2.15.